The number of ether oxygens (including phenoxy) is 1. The Balaban J connectivity index is 3.07. The van der Waals surface area contributed by atoms with E-state index in [2.05, 4.69) is 4.99 Å². The van der Waals surface area contributed by atoms with E-state index < -0.39 is 5.97 Å². The summed E-state index contributed by atoms with van der Waals surface area (Å²) in [5.74, 6) is 1.30. The molecule has 0 amide bonds. The highest BCUT2D eigenvalue weighted by Gasteiger charge is 2.24. The van der Waals surface area contributed by atoms with E-state index in [9.17, 15) is 4.79 Å². The van der Waals surface area contributed by atoms with E-state index >= 15 is 0 Å². The first-order valence-corrected chi connectivity index (χ1v) is 4.11. The van der Waals surface area contributed by atoms with Crippen molar-refractivity contribution < 1.29 is 9.53 Å². The minimum Gasteiger partial charge on any atom is -0.461 e. The Labute approximate surface area is 81.5 Å². The maximum Gasteiger partial charge on any atom is 0.359 e. The summed E-state index contributed by atoms with van der Waals surface area (Å²) in [6.07, 6.45) is 0. The van der Waals surface area contributed by atoms with Gasteiger partial charge in [-0.05, 0) is 13.8 Å². The Hall–Kier alpha value is -1.87. The Kier molecular flexibility index (Phi) is 2.84. The fraction of sp³-hybridized carbons (Fsp3) is 0.333. The van der Waals surface area contributed by atoms with Crippen LogP contribution in [-0.4, -0.2) is 24.2 Å². The molecule has 1 aliphatic rings. The normalized spacial score (nSPS) is 15.3. The molecule has 73 valence electrons. The molecule has 5 nitrogen and oxygen atoms in total. The summed E-state index contributed by atoms with van der Waals surface area (Å²) in [6.45, 7) is 3.57. The predicted octanol–water partition coefficient (Wildman–Crippen LogP) is -0.409. The number of hydrogen-bond donors (Lipinski definition) is 1. The molecule has 5 heteroatoms. The van der Waals surface area contributed by atoms with Crippen molar-refractivity contribution in [2.45, 2.75) is 13.8 Å². The van der Waals surface area contributed by atoms with Crippen molar-refractivity contribution >= 4 is 17.6 Å². The Bertz CT molecular complexity index is 387. The van der Waals surface area contributed by atoms with Gasteiger partial charge in [-0.2, -0.15) is 0 Å². The zero-order valence-corrected chi connectivity index (χ0v) is 8.00. The molecule has 0 aromatic heterocycles. The maximum atomic E-state index is 11.3. The lowest BCUT2D eigenvalue weighted by molar-refractivity contribution is -0.138. The molecule has 0 saturated carbocycles. The molecule has 0 aromatic carbocycles. The molecule has 1 rings (SSSR count). The molecule has 0 unspecified atom stereocenters. The highest BCUT2D eigenvalue weighted by Crippen LogP contribution is 2.20. The lowest BCUT2D eigenvalue weighted by Crippen LogP contribution is -2.11. The van der Waals surface area contributed by atoms with Crippen molar-refractivity contribution in [1.82, 2.24) is 5.41 Å². The fourth-order valence-corrected chi connectivity index (χ4v) is 1.09. The molecule has 1 aliphatic heterocycles. The van der Waals surface area contributed by atoms with E-state index in [1.807, 2.05) is 5.87 Å². The summed E-state index contributed by atoms with van der Waals surface area (Å²) < 4.78 is 4.73. The second kappa shape index (κ2) is 3.89. The van der Waals surface area contributed by atoms with Gasteiger partial charge < -0.3 is 10.5 Å². The highest BCUT2D eigenvalue weighted by atomic mass is 16.5. The lowest BCUT2D eigenvalue weighted by Gasteiger charge is -2.00. The first-order chi connectivity index (χ1) is 6.61. The number of hydrogen-bond acceptors (Lipinski definition) is 4. The van der Waals surface area contributed by atoms with E-state index in [1.165, 1.54) is 0 Å². The number of aliphatic imine (C=N–C) groups is 1. The van der Waals surface area contributed by atoms with Crippen molar-refractivity contribution in [1.29, 1.82) is 0 Å². The number of nitrogens with two attached hydrogens (primary N) is 1. The van der Waals surface area contributed by atoms with E-state index in [0.29, 0.717) is 5.71 Å². The summed E-state index contributed by atoms with van der Waals surface area (Å²) in [6, 6.07) is 0. The first-order valence-electron chi connectivity index (χ1n) is 4.11. The van der Waals surface area contributed by atoms with Gasteiger partial charge in [0, 0.05) is 5.87 Å². The van der Waals surface area contributed by atoms with Crippen LogP contribution in [0.3, 0.4) is 0 Å². The van der Waals surface area contributed by atoms with Crippen LogP contribution in [-0.2, 0) is 9.53 Å². The van der Waals surface area contributed by atoms with Gasteiger partial charge in [-0.15, -0.1) is 0 Å². The third kappa shape index (κ3) is 1.58. The van der Waals surface area contributed by atoms with Gasteiger partial charge >= 0.3 is 5.97 Å². The lowest BCUT2D eigenvalue weighted by atomic mass is 10.1. The van der Waals surface area contributed by atoms with E-state index in [4.69, 9.17) is 15.9 Å². The molecular formula is C9H10N3O2. The van der Waals surface area contributed by atoms with E-state index in [1.54, 1.807) is 13.8 Å². The van der Waals surface area contributed by atoms with Crippen molar-refractivity contribution in [2.24, 2.45) is 10.7 Å². The van der Waals surface area contributed by atoms with E-state index in [0.717, 1.165) is 0 Å². The van der Waals surface area contributed by atoms with Gasteiger partial charge in [-0.3, -0.25) is 0 Å². The largest absolute Gasteiger partial charge is 0.461 e. The fourth-order valence-electron chi connectivity index (χ4n) is 1.09. The van der Waals surface area contributed by atoms with Gasteiger partial charge in [0.15, 0.2) is 5.70 Å². The van der Waals surface area contributed by atoms with Crippen LogP contribution in [0.15, 0.2) is 22.0 Å². The van der Waals surface area contributed by atoms with Gasteiger partial charge in [-0.1, -0.05) is 5.41 Å². The van der Waals surface area contributed by atoms with Crippen molar-refractivity contribution in [2.75, 3.05) is 6.61 Å². The Morgan fingerprint density at radius 2 is 2.36 bits per heavy atom. The van der Waals surface area contributed by atoms with Crippen LogP contribution in [0.5, 0.6) is 0 Å². The zero-order valence-electron chi connectivity index (χ0n) is 8.00. The maximum absolute atomic E-state index is 11.3. The SMILES string of the molecule is CCOC(=O)C1=C(N)C(=C=[N])C(C)=N1. The molecule has 0 aromatic rings. The molecule has 0 bridgehead atoms. The Morgan fingerprint density at radius 3 is 2.79 bits per heavy atom. The molecule has 1 heterocycles. The van der Waals surface area contributed by atoms with Gasteiger partial charge in [0.2, 0.25) is 0 Å². The molecule has 2 N–H and O–H groups in total. The number of rotatable bonds is 2. The number of allylic oxidation sites excluding steroid dienone is 1. The van der Waals surface area contributed by atoms with Crippen LogP contribution in [0.1, 0.15) is 13.8 Å². The topological polar surface area (TPSA) is 87.0 Å². The monoisotopic (exact) mass is 192 g/mol. The Morgan fingerprint density at radius 1 is 1.71 bits per heavy atom. The molecule has 14 heavy (non-hydrogen) atoms. The van der Waals surface area contributed by atoms with Gasteiger partial charge in [0.25, 0.3) is 0 Å². The molecule has 0 atom stereocenters. The molecule has 0 fully saturated rings. The highest BCUT2D eigenvalue weighted by molar-refractivity contribution is 6.15. The first kappa shape index (κ1) is 10.2. The molecule has 0 aliphatic carbocycles. The standard InChI is InChI=1S/C9H10N3O2/c1-3-14-9(13)8-7(11)6(4-10)5(2)12-8/h3,11H2,1-2H3. The summed E-state index contributed by atoms with van der Waals surface area (Å²) in [4.78, 5) is 15.2. The number of carbonyl (C=O) groups is 1. The summed E-state index contributed by atoms with van der Waals surface area (Å²) >= 11 is 0. The van der Waals surface area contributed by atoms with E-state index in [-0.39, 0.29) is 23.6 Å². The number of carbonyl (C=O) groups excluding carboxylic acids is 1. The van der Waals surface area contributed by atoms with Crippen molar-refractivity contribution in [3.8, 4) is 0 Å². The third-order valence-corrected chi connectivity index (χ3v) is 1.75. The minimum atomic E-state index is -0.588. The summed E-state index contributed by atoms with van der Waals surface area (Å²) in [5.41, 5.74) is 6.38. The van der Waals surface area contributed by atoms with Crippen LogP contribution >= 0.6 is 0 Å². The molecule has 0 spiro atoms. The smallest absolute Gasteiger partial charge is 0.359 e. The average molecular weight is 192 g/mol. The van der Waals surface area contributed by atoms with Crippen LogP contribution in [0.2, 0.25) is 0 Å². The molecule has 0 saturated heterocycles. The van der Waals surface area contributed by atoms with Gasteiger partial charge in [-0.25, -0.2) is 9.79 Å². The van der Waals surface area contributed by atoms with Crippen molar-refractivity contribution in [3.63, 3.8) is 0 Å². The minimum absolute atomic E-state index is 0.0286. The van der Waals surface area contributed by atoms with Gasteiger partial charge in [0.1, 0.15) is 0 Å². The molecular weight excluding hydrogens is 182 g/mol. The zero-order chi connectivity index (χ0) is 10.7. The van der Waals surface area contributed by atoms with Crippen LogP contribution in [0, 0.1) is 0 Å². The quantitative estimate of drug-likeness (QED) is 0.476. The molecule has 1 radical (unpaired) electrons. The second-order valence-electron chi connectivity index (χ2n) is 2.67. The van der Waals surface area contributed by atoms with Gasteiger partial charge in [0.05, 0.1) is 23.6 Å². The third-order valence-electron chi connectivity index (χ3n) is 1.75. The summed E-state index contributed by atoms with van der Waals surface area (Å²) in [7, 11) is 0. The second-order valence-corrected chi connectivity index (χ2v) is 2.67. The average Bonchev–Trinajstić information content (AvgIpc) is 2.42. The number of nitrogens with zero attached hydrogens (tertiary/aromatic N) is 2. The number of esters is 1. The van der Waals surface area contributed by atoms with Crippen LogP contribution in [0.25, 0.3) is 0 Å². The summed E-state index contributed by atoms with van der Waals surface area (Å²) in [5, 5.41) is 8.70. The van der Waals surface area contributed by atoms with Crippen LogP contribution < -0.4 is 11.1 Å². The predicted molar refractivity (Wildman–Crippen MR) is 51.6 cm³/mol. The van der Waals surface area contributed by atoms with Crippen molar-refractivity contribution in [3.05, 3.63) is 17.0 Å². The van der Waals surface area contributed by atoms with Crippen LogP contribution in [0.4, 0.5) is 0 Å².